The largest absolute Gasteiger partial charge is 0.456 e. The van der Waals surface area contributed by atoms with Gasteiger partial charge in [0.15, 0.2) is 6.10 Å². The van der Waals surface area contributed by atoms with Gasteiger partial charge in [0.25, 0.3) is 0 Å². The average Bonchev–Trinajstić information content (AvgIpc) is 2.94. The number of ether oxygens (including phenoxy) is 2. The maximum atomic E-state index is 13.4. The summed E-state index contributed by atoms with van der Waals surface area (Å²) in [5.41, 5.74) is -2.39. The monoisotopic (exact) mass is 364 g/mol. The number of ketones is 1. The van der Waals surface area contributed by atoms with Gasteiger partial charge in [-0.25, -0.2) is 0 Å². The maximum absolute atomic E-state index is 13.4. The third-order valence-electron chi connectivity index (χ3n) is 8.23. The van der Waals surface area contributed by atoms with Crippen LogP contribution in [0.15, 0.2) is 11.6 Å². The Hall–Kier alpha value is -1.28. The first-order chi connectivity index (χ1) is 12.1. The van der Waals surface area contributed by atoms with Crippen LogP contribution in [0.5, 0.6) is 0 Å². The predicted molar refractivity (Wildman–Crippen MR) is 86.6 cm³/mol. The molecule has 0 radical (unpaired) electrons. The second kappa shape index (κ2) is 4.58. The third-order valence-corrected chi connectivity index (χ3v) is 8.23. The van der Waals surface area contributed by atoms with Crippen LogP contribution in [-0.2, 0) is 19.1 Å². The lowest BCUT2D eigenvalue weighted by atomic mass is 9.40. The Morgan fingerprint density at radius 3 is 2.58 bits per heavy atom. The van der Waals surface area contributed by atoms with Gasteiger partial charge in [0.2, 0.25) is 0 Å². The lowest BCUT2D eigenvalue weighted by Gasteiger charge is -2.62. The molecule has 0 aromatic rings. The first kappa shape index (κ1) is 16.9. The number of rotatable bonds is 0. The standard InChI is InChI=1S/C19H24O7/c1-7-4-9(20)14(23)17(2)8(7)5-10(21)19-6-25-18(3)13(19)16(24)26-15(18)11(22)12(17)19/h4,8-9,11-15,20,22-23H,5-6H2,1-3H3/t8-,9-,11+,12+,13-,14+,15-,17-,18+,19+/m0/s1. The molecule has 0 unspecified atom stereocenters. The fourth-order valence-electron chi connectivity index (χ4n) is 7.15. The van der Waals surface area contributed by atoms with E-state index in [-0.39, 0.29) is 24.7 Å². The molecular formula is C19H24O7. The number of aliphatic hydroxyl groups is 3. The van der Waals surface area contributed by atoms with Crippen molar-refractivity contribution in [3.8, 4) is 0 Å². The maximum Gasteiger partial charge on any atom is 0.313 e. The van der Waals surface area contributed by atoms with E-state index in [0.29, 0.717) is 0 Å². The van der Waals surface area contributed by atoms with Crippen LogP contribution in [-0.4, -0.2) is 63.7 Å². The van der Waals surface area contributed by atoms with Crippen LogP contribution in [0.4, 0.5) is 0 Å². The fourth-order valence-corrected chi connectivity index (χ4v) is 7.15. The van der Waals surface area contributed by atoms with Crippen LogP contribution < -0.4 is 0 Å². The van der Waals surface area contributed by atoms with Crippen molar-refractivity contribution < 1.29 is 34.4 Å². The molecule has 0 aromatic heterocycles. The molecule has 2 aliphatic heterocycles. The van der Waals surface area contributed by atoms with Crippen molar-refractivity contribution in [2.45, 2.75) is 57.2 Å². The Kier molecular flexibility index (Phi) is 2.97. The van der Waals surface area contributed by atoms with Gasteiger partial charge in [0.1, 0.15) is 17.3 Å². The molecule has 5 aliphatic rings. The van der Waals surface area contributed by atoms with Gasteiger partial charge < -0.3 is 24.8 Å². The minimum absolute atomic E-state index is 0.0359. The van der Waals surface area contributed by atoms with E-state index in [1.54, 1.807) is 13.0 Å². The number of esters is 1. The van der Waals surface area contributed by atoms with Crippen LogP contribution in [0.1, 0.15) is 27.2 Å². The molecule has 5 rings (SSSR count). The molecule has 142 valence electrons. The Bertz CT molecular complexity index is 761. The van der Waals surface area contributed by atoms with E-state index in [9.17, 15) is 24.9 Å². The zero-order chi connectivity index (χ0) is 18.8. The number of carbonyl (C=O) groups excluding carboxylic acids is 2. The Morgan fingerprint density at radius 1 is 1.19 bits per heavy atom. The molecule has 10 atom stereocenters. The summed E-state index contributed by atoms with van der Waals surface area (Å²) < 4.78 is 11.4. The van der Waals surface area contributed by atoms with E-state index in [2.05, 4.69) is 0 Å². The average molecular weight is 364 g/mol. The molecule has 7 nitrogen and oxygen atoms in total. The minimum Gasteiger partial charge on any atom is -0.456 e. The summed E-state index contributed by atoms with van der Waals surface area (Å²) in [7, 11) is 0. The minimum atomic E-state index is -1.22. The number of Topliss-reactive ketones (excluding diaryl/α,β-unsaturated/α-hetero) is 1. The molecule has 4 fully saturated rings. The SMILES string of the molecule is CC1=C[C@H](O)[C@@H](O)[C@@]2(C)[C@H]1CC(=O)[C@@]13CO[C@@]4(C)[C@@H](OC(=O)[C@@H]41)[C@H](O)[C@@H]32. The number of fused-ring (bicyclic) bond motifs is 2. The van der Waals surface area contributed by atoms with Gasteiger partial charge in [-0.3, -0.25) is 9.59 Å². The molecule has 2 saturated heterocycles. The predicted octanol–water partition coefficient (Wildman–Crippen LogP) is -0.429. The Labute approximate surface area is 151 Å². The van der Waals surface area contributed by atoms with Gasteiger partial charge in [-0.2, -0.15) is 0 Å². The summed E-state index contributed by atoms with van der Waals surface area (Å²) in [5, 5.41) is 32.6. The first-order valence-corrected chi connectivity index (χ1v) is 9.20. The summed E-state index contributed by atoms with van der Waals surface area (Å²) in [5.74, 6) is -2.45. The van der Waals surface area contributed by atoms with E-state index < -0.39 is 58.7 Å². The van der Waals surface area contributed by atoms with Crippen LogP contribution in [0, 0.1) is 28.6 Å². The van der Waals surface area contributed by atoms with Gasteiger partial charge in [0, 0.05) is 17.8 Å². The Morgan fingerprint density at radius 2 is 1.88 bits per heavy atom. The number of allylic oxidation sites excluding steroid dienone is 1. The van der Waals surface area contributed by atoms with E-state index in [1.165, 1.54) is 0 Å². The molecular weight excluding hydrogens is 340 g/mol. The Balaban J connectivity index is 1.77. The first-order valence-electron chi connectivity index (χ1n) is 9.20. The normalized spacial score (nSPS) is 60.2. The summed E-state index contributed by atoms with van der Waals surface area (Å²) in [6.07, 6.45) is -2.52. The van der Waals surface area contributed by atoms with E-state index in [0.717, 1.165) is 5.57 Å². The second-order valence-corrected chi connectivity index (χ2v) is 9.16. The van der Waals surface area contributed by atoms with Gasteiger partial charge in [-0.05, 0) is 19.8 Å². The van der Waals surface area contributed by atoms with Crippen molar-refractivity contribution in [3.63, 3.8) is 0 Å². The highest BCUT2D eigenvalue weighted by molar-refractivity contribution is 5.95. The van der Waals surface area contributed by atoms with Crippen molar-refractivity contribution in [2.75, 3.05) is 6.61 Å². The van der Waals surface area contributed by atoms with Crippen LogP contribution in [0.2, 0.25) is 0 Å². The highest BCUT2D eigenvalue weighted by Crippen LogP contribution is 2.71. The third kappa shape index (κ3) is 1.46. The van der Waals surface area contributed by atoms with Gasteiger partial charge >= 0.3 is 5.97 Å². The highest BCUT2D eigenvalue weighted by Gasteiger charge is 2.83. The quantitative estimate of drug-likeness (QED) is 0.395. The van der Waals surface area contributed by atoms with Crippen LogP contribution in [0.25, 0.3) is 0 Å². The molecule has 2 saturated carbocycles. The lowest BCUT2D eigenvalue weighted by Crippen LogP contribution is -2.72. The van der Waals surface area contributed by atoms with E-state index in [1.807, 2.05) is 13.8 Å². The van der Waals surface area contributed by atoms with Crippen molar-refractivity contribution in [1.82, 2.24) is 0 Å². The lowest BCUT2D eigenvalue weighted by molar-refractivity contribution is -0.214. The van der Waals surface area contributed by atoms with E-state index >= 15 is 0 Å². The number of hydrogen-bond donors (Lipinski definition) is 3. The summed E-state index contributed by atoms with van der Waals surface area (Å²) in [6.45, 7) is 5.41. The van der Waals surface area contributed by atoms with Crippen molar-refractivity contribution in [1.29, 1.82) is 0 Å². The molecule has 4 bridgehead atoms. The van der Waals surface area contributed by atoms with Gasteiger partial charge in [-0.15, -0.1) is 0 Å². The summed E-state index contributed by atoms with van der Waals surface area (Å²) in [4.78, 5) is 26.0. The molecule has 1 spiro atoms. The van der Waals surface area contributed by atoms with Gasteiger partial charge in [0.05, 0.1) is 30.3 Å². The number of aliphatic hydroxyl groups excluding tert-OH is 3. The van der Waals surface area contributed by atoms with Crippen molar-refractivity contribution >= 4 is 11.8 Å². The van der Waals surface area contributed by atoms with Crippen molar-refractivity contribution in [3.05, 3.63) is 11.6 Å². The smallest absolute Gasteiger partial charge is 0.313 e. The molecule has 3 N–H and O–H groups in total. The van der Waals surface area contributed by atoms with E-state index in [4.69, 9.17) is 9.47 Å². The topological polar surface area (TPSA) is 113 Å². The zero-order valence-corrected chi connectivity index (χ0v) is 15.0. The van der Waals surface area contributed by atoms with Crippen LogP contribution in [0.3, 0.4) is 0 Å². The molecule has 3 aliphatic carbocycles. The second-order valence-electron chi connectivity index (χ2n) is 9.16. The fraction of sp³-hybridized carbons (Fsp3) is 0.789. The van der Waals surface area contributed by atoms with Crippen LogP contribution >= 0.6 is 0 Å². The summed E-state index contributed by atoms with van der Waals surface area (Å²) >= 11 is 0. The highest BCUT2D eigenvalue weighted by atomic mass is 16.6. The molecule has 0 amide bonds. The zero-order valence-electron chi connectivity index (χ0n) is 15.0. The molecule has 0 aromatic carbocycles. The number of carbonyl (C=O) groups is 2. The summed E-state index contributed by atoms with van der Waals surface area (Å²) in [6, 6.07) is 0. The molecule has 7 heteroatoms. The molecule has 2 heterocycles. The van der Waals surface area contributed by atoms with Crippen molar-refractivity contribution in [2.24, 2.45) is 28.6 Å². The number of hydrogen-bond acceptors (Lipinski definition) is 7. The molecule has 26 heavy (non-hydrogen) atoms. The van der Waals surface area contributed by atoms with Gasteiger partial charge in [-0.1, -0.05) is 18.6 Å².